The lowest BCUT2D eigenvalue weighted by molar-refractivity contribution is -0.104. The van der Waals surface area contributed by atoms with Crippen LogP contribution in [-0.2, 0) is 4.79 Å². The van der Waals surface area contributed by atoms with Crippen LogP contribution in [0.1, 0.15) is 11.1 Å². The number of hydrogen-bond donors (Lipinski definition) is 1. The number of thioether (sulfide) groups is 1. The minimum atomic E-state index is -0.730. The van der Waals surface area contributed by atoms with Gasteiger partial charge in [-0.2, -0.15) is 5.26 Å². The van der Waals surface area contributed by atoms with E-state index in [1.54, 1.807) is 36.4 Å². The van der Waals surface area contributed by atoms with Gasteiger partial charge in [-0.25, -0.2) is 4.39 Å². The topological polar surface area (TPSA) is 93.2 Å². The average molecular weight is 392 g/mol. The molecule has 0 heterocycles. The molecule has 0 fully saturated rings. The third-order valence-electron chi connectivity index (χ3n) is 3.82. The number of hydrogen-bond acceptors (Lipinski definition) is 5. The third kappa shape index (κ3) is 4.19. The summed E-state index contributed by atoms with van der Waals surface area (Å²) in [6.07, 6.45) is 1.83. The Morgan fingerprint density at radius 2 is 1.82 bits per heavy atom. The van der Waals surface area contributed by atoms with Gasteiger partial charge in [0.25, 0.3) is 5.24 Å². The molecular weight excluding hydrogens is 379 g/mol. The van der Waals surface area contributed by atoms with Crippen molar-refractivity contribution in [1.82, 2.24) is 0 Å². The molecule has 2 N–H and O–H groups in total. The first-order valence-corrected chi connectivity index (χ1v) is 8.87. The summed E-state index contributed by atoms with van der Waals surface area (Å²) in [5, 5.41) is 9.89. The molecule has 0 aliphatic heterocycles. The number of benzene rings is 3. The number of fused-ring (bicyclic) bond motifs is 1. The first-order chi connectivity index (χ1) is 13.5. The molecule has 5 nitrogen and oxygen atoms in total. The molecule has 0 bridgehead atoms. The van der Waals surface area contributed by atoms with E-state index in [0.29, 0.717) is 45.7 Å². The van der Waals surface area contributed by atoms with E-state index in [0.717, 1.165) is 0 Å². The molecule has 1 amide bonds. The second-order valence-corrected chi connectivity index (χ2v) is 6.72. The summed E-state index contributed by atoms with van der Waals surface area (Å²) in [6, 6.07) is 16.7. The van der Waals surface area contributed by atoms with Crippen LogP contribution in [0, 0.1) is 17.1 Å². The Bertz CT molecular complexity index is 1150. The van der Waals surface area contributed by atoms with Crippen LogP contribution in [-0.4, -0.2) is 11.5 Å². The summed E-state index contributed by atoms with van der Waals surface area (Å²) in [5.74, 6) is -0.242. The minimum absolute atomic E-state index is 0.0118. The van der Waals surface area contributed by atoms with Gasteiger partial charge in [0.15, 0.2) is 17.9 Å². The first kappa shape index (κ1) is 19.1. The van der Waals surface area contributed by atoms with Gasteiger partial charge in [-0.3, -0.25) is 9.59 Å². The molecule has 0 saturated carbocycles. The van der Waals surface area contributed by atoms with Crippen molar-refractivity contribution in [2.75, 3.05) is 0 Å². The van der Waals surface area contributed by atoms with Gasteiger partial charge in [0.05, 0.1) is 16.5 Å². The minimum Gasteiger partial charge on any atom is -0.454 e. The summed E-state index contributed by atoms with van der Waals surface area (Å²) >= 11 is 0.564. The zero-order valence-electron chi connectivity index (χ0n) is 14.4. The molecule has 3 aromatic rings. The van der Waals surface area contributed by atoms with Crippen molar-refractivity contribution in [1.29, 1.82) is 5.26 Å². The van der Waals surface area contributed by atoms with Crippen molar-refractivity contribution in [3.05, 3.63) is 76.4 Å². The number of carbonyl (C=O) groups is 2. The highest BCUT2D eigenvalue weighted by atomic mass is 32.2. The van der Waals surface area contributed by atoms with Gasteiger partial charge in [0.2, 0.25) is 0 Å². The average Bonchev–Trinajstić information content (AvgIpc) is 2.69. The highest BCUT2D eigenvalue weighted by molar-refractivity contribution is 8.17. The van der Waals surface area contributed by atoms with Crippen LogP contribution in [0.3, 0.4) is 0 Å². The fourth-order valence-corrected chi connectivity index (χ4v) is 3.11. The second kappa shape index (κ2) is 8.37. The lowest BCUT2D eigenvalue weighted by atomic mass is 10.0. The van der Waals surface area contributed by atoms with Crippen LogP contribution in [0.4, 0.5) is 9.18 Å². The Kier molecular flexibility index (Phi) is 5.72. The Morgan fingerprint density at radius 1 is 1.11 bits per heavy atom. The lowest BCUT2D eigenvalue weighted by Gasteiger charge is -2.11. The van der Waals surface area contributed by atoms with E-state index in [1.807, 2.05) is 6.07 Å². The smallest absolute Gasteiger partial charge is 0.281 e. The van der Waals surface area contributed by atoms with Crippen LogP contribution >= 0.6 is 11.8 Å². The number of nitrogens with two attached hydrogens (primary N) is 1. The number of nitriles is 1. The summed E-state index contributed by atoms with van der Waals surface area (Å²) < 4.78 is 20.2. The Balaban J connectivity index is 1.94. The van der Waals surface area contributed by atoms with Crippen LogP contribution in [0.25, 0.3) is 16.8 Å². The third-order valence-corrected chi connectivity index (χ3v) is 4.47. The van der Waals surface area contributed by atoms with Crippen LogP contribution in [0.15, 0.2) is 59.5 Å². The lowest BCUT2D eigenvalue weighted by Crippen LogP contribution is -2.02. The van der Waals surface area contributed by atoms with E-state index in [9.17, 15) is 19.2 Å². The SMILES string of the molecule is N#Cc1ccc(Oc2ccc(/C=C(/C=O)SC(N)=O)cc2F)c2ccccc12. The van der Waals surface area contributed by atoms with Gasteiger partial charge in [-0.05, 0) is 47.7 Å². The van der Waals surface area contributed by atoms with Gasteiger partial charge < -0.3 is 10.5 Å². The van der Waals surface area contributed by atoms with E-state index >= 15 is 0 Å². The number of rotatable bonds is 5. The maximum atomic E-state index is 14.5. The molecule has 3 rings (SSSR count). The number of carbonyl (C=O) groups excluding carboxylic acids is 2. The fourth-order valence-electron chi connectivity index (χ4n) is 2.63. The maximum absolute atomic E-state index is 14.5. The number of nitrogens with zero attached hydrogens (tertiary/aromatic N) is 1. The molecule has 0 spiro atoms. The van der Waals surface area contributed by atoms with Crippen molar-refractivity contribution in [3.63, 3.8) is 0 Å². The van der Waals surface area contributed by atoms with Gasteiger partial charge in [0, 0.05) is 10.8 Å². The normalized spacial score (nSPS) is 11.1. The zero-order chi connectivity index (χ0) is 20.1. The second-order valence-electron chi connectivity index (χ2n) is 5.65. The van der Waals surface area contributed by atoms with Crippen molar-refractivity contribution in [2.45, 2.75) is 0 Å². The van der Waals surface area contributed by atoms with Crippen LogP contribution in [0.5, 0.6) is 11.5 Å². The van der Waals surface area contributed by atoms with E-state index in [2.05, 4.69) is 6.07 Å². The number of allylic oxidation sites excluding steroid dienone is 1. The van der Waals surface area contributed by atoms with Crippen molar-refractivity contribution in [3.8, 4) is 17.6 Å². The molecule has 3 aromatic carbocycles. The van der Waals surface area contributed by atoms with Crippen LogP contribution in [0.2, 0.25) is 0 Å². The standard InChI is InChI=1S/C21H13FN2O3S/c22-18-10-13(9-15(12-25)28-21(24)26)5-7-20(18)27-19-8-6-14(11-23)16-3-1-2-4-17(16)19/h1-10,12H,(H2,24,26)/b15-9-. The molecule has 0 aliphatic rings. The Hall–Kier alpha value is -3.63. The number of ether oxygens (including phenoxy) is 1. The molecule has 0 radical (unpaired) electrons. The van der Waals surface area contributed by atoms with E-state index in [-0.39, 0.29) is 10.7 Å². The molecule has 0 aliphatic carbocycles. The molecule has 28 heavy (non-hydrogen) atoms. The largest absolute Gasteiger partial charge is 0.454 e. The van der Waals surface area contributed by atoms with Crippen molar-refractivity contribution >= 4 is 40.1 Å². The Morgan fingerprint density at radius 3 is 2.46 bits per heavy atom. The number of primary amides is 1. The maximum Gasteiger partial charge on any atom is 0.281 e. The van der Waals surface area contributed by atoms with Gasteiger partial charge in [-0.1, -0.05) is 30.3 Å². The van der Waals surface area contributed by atoms with Crippen LogP contribution < -0.4 is 10.5 Å². The predicted molar refractivity (Wildman–Crippen MR) is 106 cm³/mol. The van der Waals surface area contributed by atoms with Crippen molar-refractivity contribution in [2.24, 2.45) is 5.73 Å². The molecular formula is C21H13FN2O3S. The van der Waals surface area contributed by atoms with Gasteiger partial charge in [-0.15, -0.1) is 0 Å². The van der Waals surface area contributed by atoms with E-state index < -0.39 is 11.1 Å². The molecule has 138 valence electrons. The monoisotopic (exact) mass is 392 g/mol. The van der Waals surface area contributed by atoms with Crippen molar-refractivity contribution < 1.29 is 18.7 Å². The summed E-state index contributed by atoms with van der Waals surface area (Å²) in [6.45, 7) is 0. The summed E-state index contributed by atoms with van der Waals surface area (Å²) in [5.41, 5.74) is 5.92. The molecule has 0 aromatic heterocycles. The molecule has 7 heteroatoms. The highest BCUT2D eigenvalue weighted by Crippen LogP contribution is 2.33. The van der Waals surface area contributed by atoms with E-state index in [4.69, 9.17) is 10.5 Å². The van der Waals surface area contributed by atoms with E-state index in [1.165, 1.54) is 18.2 Å². The van der Waals surface area contributed by atoms with Gasteiger partial charge >= 0.3 is 0 Å². The molecule has 0 saturated heterocycles. The summed E-state index contributed by atoms with van der Waals surface area (Å²) in [7, 11) is 0. The predicted octanol–water partition coefficient (Wildman–Crippen LogP) is 4.99. The van der Waals surface area contributed by atoms with Gasteiger partial charge in [0.1, 0.15) is 5.75 Å². The number of aldehydes is 1. The molecule has 0 unspecified atom stereocenters. The number of halogens is 1. The Labute approximate surface area is 164 Å². The zero-order valence-corrected chi connectivity index (χ0v) is 15.2. The fraction of sp³-hybridized carbons (Fsp3) is 0. The first-order valence-electron chi connectivity index (χ1n) is 8.05. The summed E-state index contributed by atoms with van der Waals surface area (Å²) in [4.78, 5) is 22.0. The molecule has 0 atom stereocenters. The quantitative estimate of drug-likeness (QED) is 0.487. The number of amides is 1. The highest BCUT2D eigenvalue weighted by Gasteiger charge is 2.11.